The van der Waals surface area contributed by atoms with E-state index in [9.17, 15) is 0 Å². The summed E-state index contributed by atoms with van der Waals surface area (Å²) in [6.45, 7) is 0. The van der Waals surface area contributed by atoms with Gasteiger partial charge in [-0.15, -0.1) is 11.8 Å². The summed E-state index contributed by atoms with van der Waals surface area (Å²) in [7, 11) is 0. The van der Waals surface area contributed by atoms with Crippen LogP contribution in [0.25, 0.3) is 0 Å². The van der Waals surface area contributed by atoms with Crippen molar-refractivity contribution >= 4 is 50.9 Å². The van der Waals surface area contributed by atoms with Crippen molar-refractivity contribution < 1.29 is 0 Å². The van der Waals surface area contributed by atoms with Crippen LogP contribution in [0.2, 0.25) is 10.0 Å². The predicted molar refractivity (Wildman–Crippen MR) is 80.2 cm³/mol. The van der Waals surface area contributed by atoms with Crippen molar-refractivity contribution in [1.82, 2.24) is 0 Å². The number of hydrogen-bond acceptors (Lipinski definition) is 1. The molecule has 0 atom stereocenters. The molecule has 0 N–H and O–H groups in total. The van der Waals surface area contributed by atoms with E-state index in [1.165, 1.54) is 5.56 Å². The highest BCUT2D eigenvalue weighted by atomic mass is 79.9. The second-order valence-corrected chi connectivity index (χ2v) is 6.17. The Hall–Kier alpha value is -0.150. The lowest BCUT2D eigenvalue weighted by Gasteiger charge is -2.06. The number of benzene rings is 2. The van der Waals surface area contributed by atoms with Crippen molar-refractivity contribution in [3.63, 3.8) is 0 Å². The van der Waals surface area contributed by atoms with Crippen LogP contribution in [-0.4, -0.2) is 0 Å². The average molecular weight is 348 g/mol. The van der Waals surface area contributed by atoms with Crippen LogP contribution >= 0.6 is 50.9 Å². The van der Waals surface area contributed by atoms with Gasteiger partial charge in [-0.3, -0.25) is 0 Å². The van der Waals surface area contributed by atoms with Crippen LogP contribution < -0.4 is 0 Å². The van der Waals surface area contributed by atoms with E-state index in [1.807, 2.05) is 30.3 Å². The molecule has 0 saturated carbocycles. The third kappa shape index (κ3) is 3.65. The van der Waals surface area contributed by atoms with E-state index in [-0.39, 0.29) is 0 Å². The lowest BCUT2D eigenvalue weighted by atomic mass is 10.2. The van der Waals surface area contributed by atoms with Gasteiger partial charge in [0.2, 0.25) is 0 Å². The highest BCUT2D eigenvalue weighted by Crippen LogP contribution is 2.33. The van der Waals surface area contributed by atoms with E-state index >= 15 is 0 Å². The van der Waals surface area contributed by atoms with Gasteiger partial charge in [-0.25, -0.2) is 0 Å². The van der Waals surface area contributed by atoms with Gasteiger partial charge < -0.3 is 0 Å². The summed E-state index contributed by atoms with van der Waals surface area (Å²) in [5.74, 6) is 0.863. The smallest absolute Gasteiger partial charge is 0.0543 e. The third-order valence-electron chi connectivity index (χ3n) is 2.23. The van der Waals surface area contributed by atoms with Gasteiger partial charge in [-0.05, 0) is 29.8 Å². The summed E-state index contributed by atoms with van der Waals surface area (Å²) >= 11 is 17.3. The third-order valence-corrected chi connectivity index (χ3v) is 4.79. The molecule has 2 aromatic rings. The van der Waals surface area contributed by atoms with Crippen LogP contribution in [-0.2, 0) is 5.75 Å². The van der Waals surface area contributed by atoms with E-state index in [4.69, 9.17) is 23.2 Å². The van der Waals surface area contributed by atoms with Crippen LogP contribution in [0.1, 0.15) is 5.56 Å². The summed E-state index contributed by atoms with van der Waals surface area (Å²) in [6, 6.07) is 13.7. The van der Waals surface area contributed by atoms with E-state index in [0.717, 1.165) is 20.1 Å². The lowest BCUT2D eigenvalue weighted by Crippen LogP contribution is -1.83. The Kier molecular flexibility index (Phi) is 4.80. The fraction of sp³-hybridized carbons (Fsp3) is 0.0769. The Morgan fingerprint density at radius 2 is 1.82 bits per heavy atom. The molecular formula is C13H9BrCl2S. The monoisotopic (exact) mass is 346 g/mol. The second kappa shape index (κ2) is 6.14. The number of thioether (sulfide) groups is 1. The minimum absolute atomic E-state index is 0.712. The van der Waals surface area contributed by atoms with Gasteiger partial charge in [-0.2, -0.15) is 0 Å². The predicted octanol–water partition coefficient (Wildman–Crippen LogP) is 6.05. The van der Waals surface area contributed by atoms with Crippen LogP contribution in [0, 0.1) is 0 Å². The van der Waals surface area contributed by atoms with Crippen molar-refractivity contribution in [2.24, 2.45) is 0 Å². The first kappa shape index (κ1) is 13.3. The van der Waals surface area contributed by atoms with Gasteiger partial charge in [-0.1, -0.05) is 57.3 Å². The largest absolute Gasteiger partial charge is 0.120 e. The molecule has 0 bridgehead atoms. The van der Waals surface area contributed by atoms with E-state index in [2.05, 4.69) is 22.0 Å². The Morgan fingerprint density at radius 1 is 1.06 bits per heavy atom. The highest BCUT2D eigenvalue weighted by Gasteiger charge is 2.04. The van der Waals surface area contributed by atoms with Gasteiger partial charge >= 0.3 is 0 Å². The topological polar surface area (TPSA) is 0 Å². The van der Waals surface area contributed by atoms with Crippen LogP contribution in [0.15, 0.2) is 51.8 Å². The van der Waals surface area contributed by atoms with E-state index < -0.39 is 0 Å². The van der Waals surface area contributed by atoms with Crippen molar-refractivity contribution in [3.05, 3.63) is 62.5 Å². The second-order valence-electron chi connectivity index (χ2n) is 3.45. The Balaban J connectivity index is 2.12. The first-order chi connectivity index (χ1) is 8.16. The van der Waals surface area contributed by atoms with Gasteiger partial charge in [0.05, 0.1) is 5.02 Å². The zero-order chi connectivity index (χ0) is 12.3. The summed E-state index contributed by atoms with van der Waals surface area (Å²) in [5.41, 5.74) is 1.24. The number of halogens is 3. The maximum atomic E-state index is 6.11. The summed E-state index contributed by atoms with van der Waals surface area (Å²) in [6.07, 6.45) is 0. The van der Waals surface area contributed by atoms with Crippen molar-refractivity contribution in [3.8, 4) is 0 Å². The molecule has 2 rings (SSSR count). The fourth-order valence-electron chi connectivity index (χ4n) is 1.36. The molecule has 2 aromatic carbocycles. The van der Waals surface area contributed by atoms with Gasteiger partial charge in [0.15, 0.2) is 0 Å². The molecule has 0 amide bonds. The number of hydrogen-bond donors (Lipinski definition) is 0. The van der Waals surface area contributed by atoms with Gasteiger partial charge in [0, 0.05) is 20.1 Å². The molecule has 0 aliphatic heterocycles. The molecule has 0 aromatic heterocycles. The molecular weight excluding hydrogens is 339 g/mol. The normalized spacial score (nSPS) is 10.5. The SMILES string of the molecule is Clc1ccc(Cl)c(SCc2ccccc2Br)c1. The first-order valence-corrected chi connectivity index (χ1v) is 7.51. The van der Waals surface area contributed by atoms with Crippen LogP contribution in [0.5, 0.6) is 0 Å². The van der Waals surface area contributed by atoms with Crippen LogP contribution in [0.4, 0.5) is 0 Å². The molecule has 0 fully saturated rings. The molecule has 0 nitrogen and oxygen atoms in total. The minimum Gasteiger partial charge on any atom is -0.120 e. The quantitative estimate of drug-likeness (QED) is 0.609. The highest BCUT2D eigenvalue weighted by molar-refractivity contribution is 9.10. The standard InChI is InChI=1S/C13H9BrCl2S/c14-11-4-2-1-3-9(11)8-17-13-7-10(15)5-6-12(13)16/h1-7H,8H2. The average Bonchev–Trinajstić information content (AvgIpc) is 2.32. The molecule has 17 heavy (non-hydrogen) atoms. The molecule has 0 unspecified atom stereocenters. The summed E-state index contributed by atoms with van der Waals surface area (Å²) < 4.78 is 1.12. The molecule has 0 aliphatic carbocycles. The summed E-state index contributed by atoms with van der Waals surface area (Å²) in [4.78, 5) is 1.01. The molecule has 0 heterocycles. The molecule has 4 heteroatoms. The molecule has 0 aliphatic rings. The maximum Gasteiger partial charge on any atom is 0.0543 e. The number of rotatable bonds is 3. The van der Waals surface area contributed by atoms with E-state index in [0.29, 0.717) is 5.02 Å². The molecule has 88 valence electrons. The van der Waals surface area contributed by atoms with E-state index in [1.54, 1.807) is 17.8 Å². The van der Waals surface area contributed by atoms with Crippen LogP contribution in [0.3, 0.4) is 0 Å². The Bertz CT molecular complexity index is 529. The molecule has 0 radical (unpaired) electrons. The lowest BCUT2D eigenvalue weighted by molar-refractivity contribution is 1.36. The first-order valence-electron chi connectivity index (χ1n) is 4.98. The molecule has 0 spiro atoms. The van der Waals surface area contributed by atoms with Crippen molar-refractivity contribution in [1.29, 1.82) is 0 Å². The Labute approximate surface area is 123 Å². The maximum absolute atomic E-state index is 6.11. The van der Waals surface area contributed by atoms with Crippen molar-refractivity contribution in [2.75, 3.05) is 0 Å². The van der Waals surface area contributed by atoms with Gasteiger partial charge in [0.25, 0.3) is 0 Å². The zero-order valence-corrected chi connectivity index (χ0v) is 12.7. The fourth-order valence-corrected chi connectivity index (χ4v) is 3.47. The zero-order valence-electron chi connectivity index (χ0n) is 8.79. The van der Waals surface area contributed by atoms with Gasteiger partial charge in [0.1, 0.15) is 0 Å². The molecule has 0 saturated heterocycles. The minimum atomic E-state index is 0.712. The Morgan fingerprint density at radius 3 is 2.59 bits per heavy atom. The summed E-state index contributed by atoms with van der Waals surface area (Å²) in [5, 5.41) is 1.45. The van der Waals surface area contributed by atoms with Crippen molar-refractivity contribution in [2.45, 2.75) is 10.6 Å².